The van der Waals surface area contributed by atoms with Gasteiger partial charge in [-0.1, -0.05) is 26.0 Å². The Labute approximate surface area is 152 Å². The van der Waals surface area contributed by atoms with Crippen LogP contribution in [0.15, 0.2) is 35.9 Å². The number of Topliss-reactive ketones (excluding diaryl/α,β-unsaturated/α-hetero) is 1. The minimum Gasteiger partial charge on any atom is -0.367 e. The maximum atomic E-state index is 12.9. The summed E-state index contributed by atoms with van der Waals surface area (Å²) in [4.78, 5) is 26.9. The summed E-state index contributed by atoms with van der Waals surface area (Å²) < 4.78 is 5.96. The first-order valence-electron chi connectivity index (χ1n) is 8.42. The fraction of sp³-hybridized carbons (Fsp3) is 0.400. The molecule has 1 aromatic carbocycles. The molecule has 0 N–H and O–H groups in total. The van der Waals surface area contributed by atoms with Crippen LogP contribution in [0.4, 0.5) is 0 Å². The summed E-state index contributed by atoms with van der Waals surface area (Å²) in [6.45, 7) is 4.52. The first-order chi connectivity index (χ1) is 12.3. The topological polar surface area (TPSA) is 94.2 Å². The number of allylic oxidation sites excluding steroid dienone is 1. The van der Waals surface area contributed by atoms with Crippen LogP contribution in [0.1, 0.15) is 36.2 Å². The molecule has 1 aromatic rings. The third-order valence-corrected chi connectivity index (χ3v) is 4.90. The Bertz CT molecular complexity index is 888. The molecule has 1 aliphatic carbocycles. The van der Waals surface area contributed by atoms with Gasteiger partial charge in [-0.25, -0.2) is 0 Å². The van der Waals surface area contributed by atoms with Crippen molar-refractivity contribution < 1.29 is 14.3 Å². The monoisotopic (exact) mass is 349 g/mol. The van der Waals surface area contributed by atoms with Gasteiger partial charge in [0.05, 0.1) is 35.9 Å². The van der Waals surface area contributed by atoms with E-state index in [9.17, 15) is 20.1 Å². The molecule has 26 heavy (non-hydrogen) atoms. The molecular formula is C20H19N3O3. The summed E-state index contributed by atoms with van der Waals surface area (Å²) in [6, 6.07) is 10.7. The van der Waals surface area contributed by atoms with E-state index >= 15 is 0 Å². The summed E-state index contributed by atoms with van der Waals surface area (Å²) in [5.74, 6) is -0.445. The lowest BCUT2D eigenvalue weighted by molar-refractivity contribution is -0.134. The van der Waals surface area contributed by atoms with Crippen molar-refractivity contribution >= 4 is 11.7 Å². The number of ether oxygens (including phenoxy) is 1. The number of amides is 1. The molecule has 1 fully saturated rings. The Kier molecular flexibility index (Phi) is 4.39. The van der Waals surface area contributed by atoms with Gasteiger partial charge in [-0.05, 0) is 24.6 Å². The third-order valence-electron chi connectivity index (χ3n) is 4.90. The minimum atomic E-state index is -0.863. The minimum absolute atomic E-state index is 0.0768. The normalized spacial score (nSPS) is 24.5. The van der Waals surface area contributed by atoms with Gasteiger partial charge in [0.1, 0.15) is 11.7 Å². The van der Waals surface area contributed by atoms with Gasteiger partial charge < -0.3 is 9.64 Å². The molecule has 1 unspecified atom stereocenters. The molecule has 0 radical (unpaired) electrons. The summed E-state index contributed by atoms with van der Waals surface area (Å²) in [5, 5.41) is 18.6. The quantitative estimate of drug-likeness (QED) is 0.775. The van der Waals surface area contributed by atoms with Crippen LogP contribution >= 0.6 is 0 Å². The van der Waals surface area contributed by atoms with Crippen LogP contribution in [-0.2, 0) is 9.53 Å². The number of benzene rings is 1. The Morgan fingerprint density at radius 3 is 2.65 bits per heavy atom. The van der Waals surface area contributed by atoms with Gasteiger partial charge in [0.25, 0.3) is 5.91 Å². The second kappa shape index (κ2) is 6.40. The maximum absolute atomic E-state index is 12.9. The highest BCUT2D eigenvalue weighted by atomic mass is 16.5. The van der Waals surface area contributed by atoms with Gasteiger partial charge >= 0.3 is 0 Å². The van der Waals surface area contributed by atoms with Crippen molar-refractivity contribution in [3.05, 3.63) is 47.0 Å². The zero-order valence-corrected chi connectivity index (χ0v) is 14.8. The molecule has 1 amide bonds. The zero-order valence-electron chi connectivity index (χ0n) is 14.8. The van der Waals surface area contributed by atoms with E-state index in [2.05, 4.69) is 0 Å². The number of carbonyl (C=O) groups is 2. The largest absolute Gasteiger partial charge is 0.367 e. The highest BCUT2D eigenvalue weighted by molar-refractivity contribution is 6.04. The molecule has 0 saturated carbocycles. The van der Waals surface area contributed by atoms with Crippen molar-refractivity contribution in [1.82, 2.24) is 4.90 Å². The average Bonchev–Trinajstić information content (AvgIpc) is 2.64. The van der Waals surface area contributed by atoms with Gasteiger partial charge in [0.2, 0.25) is 0 Å². The van der Waals surface area contributed by atoms with Gasteiger partial charge in [-0.15, -0.1) is 0 Å². The predicted molar refractivity (Wildman–Crippen MR) is 92.8 cm³/mol. The lowest BCUT2D eigenvalue weighted by atomic mass is 9.69. The van der Waals surface area contributed by atoms with E-state index in [4.69, 9.17) is 4.74 Å². The Morgan fingerprint density at radius 2 is 1.96 bits per heavy atom. The van der Waals surface area contributed by atoms with E-state index < -0.39 is 11.0 Å². The molecule has 1 atom stereocenters. The summed E-state index contributed by atoms with van der Waals surface area (Å²) in [7, 11) is 0. The van der Waals surface area contributed by atoms with Crippen molar-refractivity contribution in [2.45, 2.75) is 25.9 Å². The standard InChI is InChI=1S/C20H19N3O3/c1-19(2)12-20(9-15(11-22)17(19)24)13-23(7-8-26-20)18(25)16-6-4-3-5-14(16)10-21/h3-6,9H,7-8,12-13H2,1-2H3. The van der Waals surface area contributed by atoms with E-state index in [1.807, 2.05) is 12.1 Å². The smallest absolute Gasteiger partial charge is 0.255 e. The van der Waals surface area contributed by atoms with Gasteiger partial charge in [-0.3, -0.25) is 9.59 Å². The third kappa shape index (κ3) is 3.00. The Balaban J connectivity index is 1.94. The summed E-state index contributed by atoms with van der Waals surface area (Å²) >= 11 is 0. The molecule has 3 rings (SSSR count). The van der Waals surface area contributed by atoms with Gasteiger partial charge in [-0.2, -0.15) is 10.5 Å². The molecule has 1 spiro atoms. The summed E-state index contributed by atoms with van der Waals surface area (Å²) in [6.07, 6.45) is 1.96. The molecule has 0 aromatic heterocycles. The van der Waals surface area contributed by atoms with Crippen LogP contribution in [-0.4, -0.2) is 41.9 Å². The number of carbonyl (C=O) groups excluding carboxylic acids is 2. The number of morpholine rings is 1. The lowest BCUT2D eigenvalue weighted by Gasteiger charge is -2.46. The fourth-order valence-corrected chi connectivity index (χ4v) is 3.77. The molecular weight excluding hydrogens is 330 g/mol. The van der Waals surface area contributed by atoms with Crippen molar-refractivity contribution in [1.29, 1.82) is 10.5 Å². The van der Waals surface area contributed by atoms with Crippen LogP contribution in [0.25, 0.3) is 0 Å². The van der Waals surface area contributed by atoms with Gasteiger partial charge in [0, 0.05) is 12.0 Å². The maximum Gasteiger partial charge on any atom is 0.255 e. The summed E-state index contributed by atoms with van der Waals surface area (Å²) in [5.41, 5.74) is -0.852. The van der Waals surface area contributed by atoms with E-state index in [1.165, 1.54) is 0 Å². The first-order valence-corrected chi connectivity index (χ1v) is 8.42. The van der Waals surface area contributed by atoms with Crippen molar-refractivity contribution in [2.24, 2.45) is 5.41 Å². The predicted octanol–water partition coefficient (Wildman–Crippen LogP) is 2.22. The average molecular weight is 349 g/mol. The fourth-order valence-electron chi connectivity index (χ4n) is 3.77. The molecule has 6 heteroatoms. The molecule has 1 aliphatic heterocycles. The molecule has 1 heterocycles. The Hall–Kier alpha value is -2.96. The zero-order chi connectivity index (χ0) is 18.9. The molecule has 2 aliphatic rings. The molecule has 6 nitrogen and oxygen atoms in total. The van der Waals surface area contributed by atoms with Crippen LogP contribution in [0.3, 0.4) is 0 Å². The second-order valence-electron chi connectivity index (χ2n) is 7.36. The number of nitriles is 2. The number of nitrogens with zero attached hydrogens (tertiary/aromatic N) is 3. The Morgan fingerprint density at radius 1 is 1.23 bits per heavy atom. The van der Waals surface area contributed by atoms with Crippen LogP contribution < -0.4 is 0 Å². The van der Waals surface area contributed by atoms with E-state index in [0.717, 1.165) is 0 Å². The highest BCUT2D eigenvalue weighted by Gasteiger charge is 2.48. The van der Waals surface area contributed by atoms with E-state index in [0.29, 0.717) is 30.7 Å². The lowest BCUT2D eigenvalue weighted by Crippen LogP contribution is -2.57. The second-order valence-corrected chi connectivity index (χ2v) is 7.36. The number of ketones is 1. The van der Waals surface area contributed by atoms with Crippen LogP contribution in [0.5, 0.6) is 0 Å². The number of hydrogen-bond donors (Lipinski definition) is 0. The SMILES string of the molecule is CC1(C)CC2(C=C(C#N)C1=O)CN(C(=O)c1ccccc1C#N)CCO2. The van der Waals surface area contributed by atoms with E-state index in [-0.39, 0.29) is 23.8 Å². The number of rotatable bonds is 1. The van der Waals surface area contributed by atoms with Crippen molar-refractivity contribution in [3.63, 3.8) is 0 Å². The molecule has 0 bridgehead atoms. The highest BCUT2D eigenvalue weighted by Crippen LogP contribution is 2.41. The van der Waals surface area contributed by atoms with Crippen LogP contribution in [0, 0.1) is 28.1 Å². The van der Waals surface area contributed by atoms with Crippen molar-refractivity contribution in [3.8, 4) is 12.1 Å². The van der Waals surface area contributed by atoms with Gasteiger partial charge in [0.15, 0.2) is 5.78 Å². The molecule has 1 saturated heterocycles. The first kappa shape index (κ1) is 17.8. The molecule has 132 valence electrons. The van der Waals surface area contributed by atoms with E-state index in [1.54, 1.807) is 49.1 Å². The van der Waals surface area contributed by atoms with Crippen LogP contribution in [0.2, 0.25) is 0 Å². The van der Waals surface area contributed by atoms with Crippen molar-refractivity contribution in [2.75, 3.05) is 19.7 Å². The number of hydrogen-bond acceptors (Lipinski definition) is 5.